The maximum atomic E-state index is 12.1. The highest BCUT2D eigenvalue weighted by Crippen LogP contribution is 2.06. The molecule has 0 aliphatic rings. The van der Waals surface area contributed by atoms with Crippen molar-refractivity contribution in [3.8, 4) is 11.8 Å². The summed E-state index contributed by atoms with van der Waals surface area (Å²) in [4.78, 5) is 16.2. The van der Waals surface area contributed by atoms with Crippen LogP contribution in [0.5, 0.6) is 0 Å². The highest BCUT2D eigenvalue weighted by molar-refractivity contribution is 7.07. The summed E-state index contributed by atoms with van der Waals surface area (Å²) in [7, 11) is 0. The molecule has 2 heterocycles. The number of nitrogens with zero attached hydrogens (tertiary/aromatic N) is 1. The second-order valence-corrected chi connectivity index (χ2v) is 4.82. The normalized spacial score (nSPS) is 9.65. The molecule has 0 spiro atoms. The fourth-order valence-electron chi connectivity index (χ4n) is 1.67. The van der Waals surface area contributed by atoms with Crippen molar-refractivity contribution in [3.63, 3.8) is 0 Å². The lowest BCUT2D eigenvalue weighted by Gasteiger charge is -2.05. The van der Waals surface area contributed by atoms with Crippen LogP contribution in [-0.4, -0.2) is 24.0 Å². The van der Waals surface area contributed by atoms with Crippen molar-refractivity contribution < 1.29 is 4.79 Å². The van der Waals surface area contributed by atoms with E-state index in [4.69, 9.17) is 5.73 Å². The van der Waals surface area contributed by atoms with Gasteiger partial charge in [0.05, 0.1) is 12.1 Å². The molecular weight excluding hydrogens is 270 g/mol. The van der Waals surface area contributed by atoms with E-state index in [9.17, 15) is 4.79 Å². The van der Waals surface area contributed by atoms with Crippen molar-refractivity contribution in [2.45, 2.75) is 6.42 Å². The third-order valence-corrected chi connectivity index (χ3v) is 3.36. The van der Waals surface area contributed by atoms with Crippen molar-refractivity contribution in [3.05, 3.63) is 52.0 Å². The quantitative estimate of drug-likeness (QED) is 0.835. The Labute approximate surface area is 122 Å². The van der Waals surface area contributed by atoms with Crippen LogP contribution in [-0.2, 0) is 6.42 Å². The fraction of sp³-hybridized carbons (Fsp3) is 0.200. The van der Waals surface area contributed by atoms with Gasteiger partial charge in [0, 0.05) is 12.7 Å². The van der Waals surface area contributed by atoms with Gasteiger partial charge in [0.15, 0.2) is 0 Å². The standard InChI is InChI=1S/C15H15N3OS/c16-7-1-3-13-4-2-8-17-14(13)15(19)18-9-5-12-6-10-20-11-12/h2,4,6,8,10-11H,5,7,9,16H2,(H,18,19). The Morgan fingerprint density at radius 1 is 1.45 bits per heavy atom. The minimum Gasteiger partial charge on any atom is -0.350 e. The number of thiophene rings is 1. The summed E-state index contributed by atoms with van der Waals surface area (Å²) in [5.41, 5.74) is 7.51. The van der Waals surface area contributed by atoms with E-state index in [-0.39, 0.29) is 12.5 Å². The summed E-state index contributed by atoms with van der Waals surface area (Å²) in [5, 5.41) is 6.96. The Hall–Kier alpha value is -2.16. The van der Waals surface area contributed by atoms with Crippen LogP contribution in [0, 0.1) is 11.8 Å². The number of hydrogen-bond acceptors (Lipinski definition) is 4. The maximum absolute atomic E-state index is 12.1. The molecule has 2 aromatic rings. The van der Waals surface area contributed by atoms with Crippen LogP contribution in [0.15, 0.2) is 35.2 Å². The van der Waals surface area contributed by atoms with Gasteiger partial charge in [-0.1, -0.05) is 11.8 Å². The van der Waals surface area contributed by atoms with Crippen LogP contribution in [0.1, 0.15) is 21.6 Å². The summed E-state index contributed by atoms with van der Waals surface area (Å²) < 4.78 is 0. The van der Waals surface area contributed by atoms with Gasteiger partial charge in [-0.25, -0.2) is 4.98 Å². The smallest absolute Gasteiger partial charge is 0.271 e. The van der Waals surface area contributed by atoms with Gasteiger partial charge in [-0.3, -0.25) is 4.79 Å². The van der Waals surface area contributed by atoms with E-state index in [1.165, 1.54) is 5.56 Å². The summed E-state index contributed by atoms with van der Waals surface area (Å²) in [5.74, 6) is 5.39. The topological polar surface area (TPSA) is 68.0 Å². The van der Waals surface area contributed by atoms with Gasteiger partial charge in [-0.2, -0.15) is 11.3 Å². The first-order valence-corrected chi connectivity index (χ1v) is 7.19. The summed E-state index contributed by atoms with van der Waals surface area (Å²) in [6.07, 6.45) is 2.40. The Balaban J connectivity index is 1.98. The summed E-state index contributed by atoms with van der Waals surface area (Å²) in [6, 6.07) is 5.57. The Bertz CT molecular complexity index is 626. The monoisotopic (exact) mass is 285 g/mol. The molecule has 0 aliphatic heterocycles. The zero-order valence-corrected chi connectivity index (χ0v) is 11.7. The molecule has 20 heavy (non-hydrogen) atoms. The van der Waals surface area contributed by atoms with Gasteiger partial charge in [0.2, 0.25) is 0 Å². The molecule has 2 rings (SSSR count). The van der Waals surface area contributed by atoms with Crippen molar-refractivity contribution in [2.24, 2.45) is 5.73 Å². The molecule has 1 amide bonds. The first-order chi connectivity index (χ1) is 9.81. The largest absolute Gasteiger partial charge is 0.350 e. The van der Waals surface area contributed by atoms with Gasteiger partial charge in [0.1, 0.15) is 5.69 Å². The predicted molar refractivity (Wildman–Crippen MR) is 80.5 cm³/mol. The molecule has 0 saturated heterocycles. The number of hydrogen-bond donors (Lipinski definition) is 2. The van der Waals surface area contributed by atoms with Crippen LogP contribution >= 0.6 is 11.3 Å². The molecule has 0 unspecified atom stereocenters. The van der Waals surface area contributed by atoms with E-state index in [2.05, 4.69) is 33.6 Å². The van der Waals surface area contributed by atoms with E-state index >= 15 is 0 Å². The molecule has 2 aromatic heterocycles. The molecule has 102 valence electrons. The van der Waals surface area contributed by atoms with Gasteiger partial charge < -0.3 is 11.1 Å². The van der Waals surface area contributed by atoms with Crippen molar-refractivity contribution >= 4 is 17.2 Å². The Morgan fingerprint density at radius 2 is 2.35 bits per heavy atom. The molecule has 0 fully saturated rings. The average molecular weight is 285 g/mol. The SMILES string of the molecule is NCC#Cc1cccnc1C(=O)NCCc1ccsc1. The highest BCUT2D eigenvalue weighted by Gasteiger charge is 2.10. The zero-order valence-electron chi connectivity index (χ0n) is 10.9. The van der Waals surface area contributed by atoms with Crippen LogP contribution < -0.4 is 11.1 Å². The summed E-state index contributed by atoms with van der Waals surface area (Å²) >= 11 is 1.65. The van der Waals surface area contributed by atoms with E-state index < -0.39 is 0 Å². The second-order valence-electron chi connectivity index (χ2n) is 4.04. The number of pyridine rings is 1. The number of nitrogens with two attached hydrogens (primary N) is 1. The molecule has 0 aromatic carbocycles. The number of amides is 1. The molecule has 0 saturated carbocycles. The number of carbonyl (C=O) groups is 1. The molecule has 0 atom stereocenters. The lowest BCUT2D eigenvalue weighted by molar-refractivity contribution is 0.0949. The molecule has 4 nitrogen and oxygen atoms in total. The average Bonchev–Trinajstić information content (AvgIpc) is 2.98. The van der Waals surface area contributed by atoms with Crippen LogP contribution in [0.3, 0.4) is 0 Å². The van der Waals surface area contributed by atoms with Gasteiger partial charge in [0.25, 0.3) is 5.91 Å². The number of rotatable bonds is 4. The van der Waals surface area contributed by atoms with E-state index in [0.29, 0.717) is 17.8 Å². The van der Waals surface area contributed by atoms with E-state index in [1.807, 2.05) is 5.38 Å². The first kappa shape index (κ1) is 14.3. The minimum atomic E-state index is -0.206. The van der Waals surface area contributed by atoms with Crippen LogP contribution in [0.2, 0.25) is 0 Å². The lowest BCUT2D eigenvalue weighted by Crippen LogP contribution is -2.27. The number of aromatic nitrogens is 1. The van der Waals surface area contributed by atoms with Crippen LogP contribution in [0.4, 0.5) is 0 Å². The van der Waals surface area contributed by atoms with Crippen molar-refractivity contribution in [1.29, 1.82) is 0 Å². The molecule has 0 radical (unpaired) electrons. The lowest BCUT2D eigenvalue weighted by atomic mass is 10.2. The van der Waals surface area contributed by atoms with Crippen molar-refractivity contribution in [2.75, 3.05) is 13.1 Å². The first-order valence-electron chi connectivity index (χ1n) is 6.24. The minimum absolute atomic E-state index is 0.206. The second kappa shape index (κ2) is 7.43. The molecule has 5 heteroatoms. The highest BCUT2D eigenvalue weighted by atomic mass is 32.1. The third-order valence-electron chi connectivity index (χ3n) is 2.63. The number of nitrogens with one attached hydrogen (secondary N) is 1. The third kappa shape index (κ3) is 3.92. The fourth-order valence-corrected chi connectivity index (χ4v) is 2.38. The van der Waals surface area contributed by atoms with E-state index in [1.54, 1.807) is 29.7 Å². The van der Waals surface area contributed by atoms with Gasteiger partial charge in [-0.05, 0) is 40.9 Å². The molecule has 3 N–H and O–H groups in total. The van der Waals surface area contributed by atoms with E-state index in [0.717, 1.165) is 6.42 Å². The number of carbonyl (C=O) groups excluding carboxylic acids is 1. The Kier molecular flexibility index (Phi) is 5.30. The molecular formula is C15H15N3OS. The maximum Gasteiger partial charge on any atom is 0.271 e. The predicted octanol–water partition coefficient (Wildman–Crippen LogP) is 1.43. The van der Waals surface area contributed by atoms with Crippen molar-refractivity contribution in [1.82, 2.24) is 10.3 Å². The molecule has 0 bridgehead atoms. The van der Waals surface area contributed by atoms with Crippen LogP contribution in [0.25, 0.3) is 0 Å². The zero-order chi connectivity index (χ0) is 14.2. The Morgan fingerprint density at radius 3 is 3.10 bits per heavy atom. The van der Waals surface area contributed by atoms with Gasteiger partial charge in [-0.15, -0.1) is 0 Å². The summed E-state index contributed by atoms with van der Waals surface area (Å²) in [6.45, 7) is 0.837. The molecule has 0 aliphatic carbocycles. The van der Waals surface area contributed by atoms with Gasteiger partial charge >= 0.3 is 0 Å².